The van der Waals surface area contributed by atoms with E-state index in [1.54, 1.807) is 41.3 Å². The number of rotatable bonds is 4. The number of hydrogen-bond acceptors (Lipinski definition) is 6. The van der Waals surface area contributed by atoms with E-state index in [0.29, 0.717) is 23.1 Å². The quantitative estimate of drug-likeness (QED) is 0.486. The summed E-state index contributed by atoms with van der Waals surface area (Å²) >= 11 is 0. The molecule has 1 amide bonds. The third-order valence-electron chi connectivity index (χ3n) is 5.69. The summed E-state index contributed by atoms with van der Waals surface area (Å²) in [4.78, 5) is 39.0. The fourth-order valence-corrected chi connectivity index (χ4v) is 4.32. The summed E-state index contributed by atoms with van der Waals surface area (Å²) in [5.41, 5.74) is 0.655. The molecule has 3 heterocycles. The highest BCUT2D eigenvalue weighted by molar-refractivity contribution is 5.99. The third-order valence-corrected chi connectivity index (χ3v) is 5.69. The molecule has 2 aliphatic rings. The van der Waals surface area contributed by atoms with Gasteiger partial charge in [-0.15, -0.1) is 0 Å². The number of fused-ring (bicyclic) bond motifs is 2. The Morgan fingerprint density at radius 1 is 1.13 bits per heavy atom. The summed E-state index contributed by atoms with van der Waals surface area (Å²) < 4.78 is 11.6. The largest absolute Gasteiger partial charge is 0.450 e. The molecule has 0 saturated carbocycles. The van der Waals surface area contributed by atoms with E-state index in [9.17, 15) is 19.7 Å². The van der Waals surface area contributed by atoms with Gasteiger partial charge in [0, 0.05) is 25.3 Å². The summed E-state index contributed by atoms with van der Waals surface area (Å²) in [6, 6.07) is 12.0. The minimum absolute atomic E-state index is 0.00629. The number of carbonyl (C=O) groups is 1. The number of carbonyl (C=O) groups excluding carboxylic acids is 1. The van der Waals surface area contributed by atoms with Crippen LogP contribution in [0.2, 0.25) is 0 Å². The predicted molar refractivity (Wildman–Crippen MR) is 107 cm³/mol. The molecule has 1 fully saturated rings. The van der Waals surface area contributed by atoms with Crippen LogP contribution >= 0.6 is 0 Å². The summed E-state index contributed by atoms with van der Waals surface area (Å²) in [6.45, 7) is 0.911. The molecule has 8 nitrogen and oxygen atoms in total. The minimum atomic E-state index is -0.766. The van der Waals surface area contributed by atoms with Crippen LogP contribution in [0.3, 0.4) is 0 Å². The number of benzene rings is 2. The molecule has 30 heavy (non-hydrogen) atoms. The Morgan fingerprint density at radius 2 is 1.97 bits per heavy atom. The lowest BCUT2D eigenvalue weighted by Gasteiger charge is -2.27. The maximum atomic E-state index is 13.3. The lowest BCUT2D eigenvalue weighted by atomic mass is 9.98. The first-order valence-electron chi connectivity index (χ1n) is 9.77. The van der Waals surface area contributed by atoms with Crippen LogP contribution in [0.15, 0.2) is 57.7 Å². The first kappa shape index (κ1) is 18.5. The first-order chi connectivity index (χ1) is 14.5. The Morgan fingerprint density at radius 3 is 2.73 bits per heavy atom. The van der Waals surface area contributed by atoms with E-state index >= 15 is 0 Å². The van der Waals surface area contributed by atoms with Gasteiger partial charge in [-0.2, -0.15) is 0 Å². The summed E-state index contributed by atoms with van der Waals surface area (Å²) in [5.74, 6) is -0.409. The molecule has 2 atom stereocenters. The second-order valence-electron chi connectivity index (χ2n) is 7.52. The Hall–Kier alpha value is -3.52. The Kier molecular flexibility index (Phi) is 4.36. The zero-order valence-electron chi connectivity index (χ0n) is 15.9. The van der Waals surface area contributed by atoms with Gasteiger partial charge in [-0.25, -0.2) is 0 Å². The van der Waals surface area contributed by atoms with Crippen molar-refractivity contribution in [2.75, 3.05) is 13.2 Å². The average molecular weight is 406 g/mol. The summed E-state index contributed by atoms with van der Waals surface area (Å²) in [7, 11) is 0. The maximum absolute atomic E-state index is 13.3. The van der Waals surface area contributed by atoms with Gasteiger partial charge in [0.05, 0.1) is 28.0 Å². The van der Waals surface area contributed by atoms with Crippen molar-refractivity contribution >= 4 is 22.6 Å². The van der Waals surface area contributed by atoms with Gasteiger partial charge in [-0.3, -0.25) is 19.7 Å². The molecule has 0 unspecified atom stereocenters. The van der Waals surface area contributed by atoms with Crippen LogP contribution in [0.5, 0.6) is 0 Å². The molecule has 8 heteroatoms. The van der Waals surface area contributed by atoms with E-state index in [1.165, 1.54) is 12.1 Å². The molecule has 0 N–H and O–H groups in total. The van der Waals surface area contributed by atoms with Crippen LogP contribution in [0, 0.1) is 10.1 Å². The van der Waals surface area contributed by atoms with Crippen molar-refractivity contribution in [3.63, 3.8) is 0 Å². The van der Waals surface area contributed by atoms with E-state index in [-0.39, 0.29) is 35.1 Å². The molecular weight excluding hydrogens is 388 g/mol. The van der Waals surface area contributed by atoms with Gasteiger partial charge in [-0.1, -0.05) is 24.3 Å². The van der Waals surface area contributed by atoms with Crippen molar-refractivity contribution in [2.24, 2.45) is 0 Å². The van der Waals surface area contributed by atoms with Crippen molar-refractivity contribution in [3.05, 3.63) is 85.8 Å². The molecule has 2 aromatic carbocycles. The number of nitro groups is 1. The van der Waals surface area contributed by atoms with Crippen molar-refractivity contribution in [1.82, 2.24) is 4.90 Å². The SMILES string of the molecule is O=C1c2oc3ccccc3c(=O)c2[C@H](c2cccc([N+](=O)[O-])c2)N1C[C@@H]1CCCO1. The molecule has 2 aliphatic heterocycles. The monoisotopic (exact) mass is 406 g/mol. The van der Waals surface area contributed by atoms with Gasteiger partial charge < -0.3 is 14.1 Å². The molecule has 1 aromatic heterocycles. The number of non-ortho nitro benzene ring substituents is 1. The molecule has 152 valence electrons. The van der Waals surface area contributed by atoms with E-state index in [0.717, 1.165) is 12.8 Å². The van der Waals surface area contributed by atoms with Gasteiger partial charge in [0.2, 0.25) is 5.76 Å². The maximum Gasteiger partial charge on any atom is 0.291 e. The van der Waals surface area contributed by atoms with Crippen LogP contribution in [-0.2, 0) is 4.74 Å². The standard InChI is InChI=1S/C22H18N2O6/c25-20-16-8-1-2-9-17(16)30-21-18(20)19(13-5-3-6-14(11-13)24(27)28)23(22(21)26)12-15-7-4-10-29-15/h1-3,5-6,8-9,11,15,19H,4,7,10,12H2/t15-,19-/m0/s1. The topological polar surface area (TPSA) is 103 Å². The van der Waals surface area contributed by atoms with Crippen LogP contribution in [0.25, 0.3) is 11.0 Å². The highest BCUT2D eigenvalue weighted by atomic mass is 16.6. The number of para-hydroxylation sites is 1. The van der Waals surface area contributed by atoms with Gasteiger partial charge >= 0.3 is 0 Å². The van der Waals surface area contributed by atoms with Crippen molar-refractivity contribution in [3.8, 4) is 0 Å². The normalized spacial score (nSPS) is 20.7. The highest BCUT2D eigenvalue weighted by Gasteiger charge is 2.44. The van der Waals surface area contributed by atoms with Crippen molar-refractivity contribution < 1.29 is 18.9 Å². The van der Waals surface area contributed by atoms with Crippen LogP contribution in [-0.4, -0.2) is 35.0 Å². The lowest BCUT2D eigenvalue weighted by Crippen LogP contribution is -2.36. The molecule has 0 spiro atoms. The van der Waals surface area contributed by atoms with E-state index in [1.807, 2.05) is 0 Å². The van der Waals surface area contributed by atoms with Crippen molar-refractivity contribution in [1.29, 1.82) is 0 Å². The number of nitrogens with zero attached hydrogens (tertiary/aromatic N) is 2. The predicted octanol–water partition coefficient (Wildman–Crippen LogP) is 3.43. The number of amides is 1. The zero-order chi connectivity index (χ0) is 20.8. The molecule has 0 bridgehead atoms. The van der Waals surface area contributed by atoms with Gasteiger partial charge in [0.25, 0.3) is 11.6 Å². The molecule has 1 saturated heterocycles. The van der Waals surface area contributed by atoms with E-state index in [2.05, 4.69) is 0 Å². The van der Waals surface area contributed by atoms with Crippen LogP contribution in [0.1, 0.15) is 40.6 Å². The Balaban J connectivity index is 1.71. The first-order valence-corrected chi connectivity index (χ1v) is 9.77. The minimum Gasteiger partial charge on any atom is -0.450 e. The summed E-state index contributed by atoms with van der Waals surface area (Å²) in [5, 5.41) is 11.7. The van der Waals surface area contributed by atoms with Gasteiger partial charge in [0.15, 0.2) is 5.43 Å². The van der Waals surface area contributed by atoms with Crippen molar-refractivity contribution in [2.45, 2.75) is 25.0 Å². The Bertz CT molecular complexity index is 1230. The third kappa shape index (κ3) is 2.88. The highest BCUT2D eigenvalue weighted by Crippen LogP contribution is 2.39. The fraction of sp³-hybridized carbons (Fsp3) is 0.273. The smallest absolute Gasteiger partial charge is 0.291 e. The fourth-order valence-electron chi connectivity index (χ4n) is 4.32. The number of nitro benzene ring substituents is 1. The Labute approximate surface area is 170 Å². The van der Waals surface area contributed by atoms with E-state index < -0.39 is 16.9 Å². The van der Waals surface area contributed by atoms with Gasteiger partial charge in [0.1, 0.15) is 5.58 Å². The number of hydrogen-bond donors (Lipinski definition) is 0. The zero-order valence-corrected chi connectivity index (χ0v) is 15.9. The molecule has 0 aliphatic carbocycles. The summed E-state index contributed by atoms with van der Waals surface area (Å²) in [6.07, 6.45) is 1.57. The second kappa shape index (κ2) is 7.07. The van der Waals surface area contributed by atoms with Crippen LogP contribution < -0.4 is 5.43 Å². The number of ether oxygens (including phenoxy) is 1. The lowest BCUT2D eigenvalue weighted by molar-refractivity contribution is -0.384. The molecule has 5 rings (SSSR count). The van der Waals surface area contributed by atoms with E-state index in [4.69, 9.17) is 9.15 Å². The molecule has 3 aromatic rings. The molecular formula is C22H18N2O6. The molecule has 0 radical (unpaired) electrons. The average Bonchev–Trinajstić information content (AvgIpc) is 3.36. The van der Waals surface area contributed by atoms with Crippen LogP contribution in [0.4, 0.5) is 5.69 Å². The second-order valence-corrected chi connectivity index (χ2v) is 7.52. The van der Waals surface area contributed by atoms with Gasteiger partial charge in [-0.05, 0) is 30.5 Å².